The number of methoxy groups -OCH3 is 1. The highest BCUT2D eigenvalue weighted by atomic mass is 16.5. The van der Waals surface area contributed by atoms with Crippen LogP contribution in [-0.2, 0) is 16.0 Å². The molecule has 1 saturated heterocycles. The van der Waals surface area contributed by atoms with Crippen LogP contribution in [0.4, 0.5) is 5.69 Å². The number of phenols is 1. The maximum absolute atomic E-state index is 13.3. The number of aliphatic hydroxyl groups excluding tert-OH is 1. The van der Waals surface area contributed by atoms with E-state index in [0.29, 0.717) is 23.5 Å². The van der Waals surface area contributed by atoms with Gasteiger partial charge in [-0.25, -0.2) is 0 Å². The molecule has 0 bridgehead atoms. The molecule has 1 fully saturated rings. The fourth-order valence-electron chi connectivity index (χ4n) is 4.60. The molecule has 3 aromatic carbocycles. The van der Waals surface area contributed by atoms with Gasteiger partial charge in [-0.05, 0) is 54.8 Å². The Labute approximate surface area is 196 Å². The summed E-state index contributed by atoms with van der Waals surface area (Å²) in [5.41, 5.74) is 1.95. The molecule has 1 atom stereocenters. The van der Waals surface area contributed by atoms with Gasteiger partial charge in [-0.1, -0.05) is 30.3 Å². The summed E-state index contributed by atoms with van der Waals surface area (Å²) < 4.78 is 11.2. The van der Waals surface area contributed by atoms with Crippen LogP contribution in [-0.4, -0.2) is 35.6 Å². The first kappa shape index (κ1) is 21.6. The van der Waals surface area contributed by atoms with E-state index in [1.54, 1.807) is 60.7 Å². The number of ketones is 1. The van der Waals surface area contributed by atoms with E-state index in [2.05, 4.69) is 0 Å². The van der Waals surface area contributed by atoms with Gasteiger partial charge in [0.25, 0.3) is 11.7 Å². The highest BCUT2D eigenvalue weighted by Gasteiger charge is 2.48. The minimum absolute atomic E-state index is 0.0746. The first-order valence-corrected chi connectivity index (χ1v) is 11.0. The zero-order chi connectivity index (χ0) is 23.8. The van der Waals surface area contributed by atoms with Gasteiger partial charge in [0.15, 0.2) is 0 Å². The first-order chi connectivity index (χ1) is 16.5. The van der Waals surface area contributed by atoms with E-state index in [9.17, 15) is 19.8 Å². The van der Waals surface area contributed by atoms with Crippen molar-refractivity contribution < 1.29 is 29.3 Å². The Morgan fingerprint density at radius 3 is 2.62 bits per heavy atom. The third-order valence-electron chi connectivity index (χ3n) is 6.20. The van der Waals surface area contributed by atoms with Gasteiger partial charge in [0, 0.05) is 11.1 Å². The van der Waals surface area contributed by atoms with E-state index >= 15 is 0 Å². The molecular formula is C27H23NO6. The standard InChI is InChI=1S/C27H23NO6/c1-33-22-11-5-2-8-18(22)24-23(25(30)17-12-13-21-16(15-17)7-6-14-34-21)26(31)27(32)28(24)19-9-3-4-10-20(19)29/h2-5,8-13,15,24,29-30H,6-7,14H2,1H3/b25-23+. The molecule has 1 amide bonds. The van der Waals surface area contributed by atoms with Gasteiger partial charge in [-0.3, -0.25) is 14.5 Å². The van der Waals surface area contributed by atoms with Crippen LogP contribution in [0.15, 0.2) is 72.3 Å². The lowest BCUT2D eigenvalue weighted by molar-refractivity contribution is -0.132. The van der Waals surface area contributed by atoms with Gasteiger partial charge >= 0.3 is 0 Å². The highest BCUT2D eigenvalue weighted by Crippen LogP contribution is 2.47. The predicted octanol–water partition coefficient (Wildman–Crippen LogP) is 4.35. The molecule has 7 heteroatoms. The minimum atomic E-state index is -1.00. The number of fused-ring (bicyclic) bond motifs is 1. The molecule has 0 aromatic heterocycles. The molecule has 3 aromatic rings. The molecule has 172 valence electrons. The Bertz CT molecular complexity index is 1330. The lowest BCUT2D eigenvalue weighted by Crippen LogP contribution is -2.29. The summed E-state index contributed by atoms with van der Waals surface area (Å²) >= 11 is 0. The zero-order valence-corrected chi connectivity index (χ0v) is 18.5. The molecule has 7 nitrogen and oxygen atoms in total. The summed E-state index contributed by atoms with van der Waals surface area (Å²) in [4.78, 5) is 27.8. The number of nitrogens with zero attached hydrogens (tertiary/aromatic N) is 1. The van der Waals surface area contributed by atoms with Crippen LogP contribution >= 0.6 is 0 Å². The number of carbonyl (C=O) groups is 2. The van der Waals surface area contributed by atoms with Gasteiger partial charge in [0.2, 0.25) is 0 Å². The van der Waals surface area contributed by atoms with Gasteiger partial charge in [0.1, 0.15) is 23.0 Å². The molecule has 0 aliphatic carbocycles. The van der Waals surface area contributed by atoms with Crippen molar-refractivity contribution in [3.8, 4) is 17.2 Å². The minimum Gasteiger partial charge on any atom is -0.507 e. The van der Waals surface area contributed by atoms with Crippen molar-refractivity contribution in [3.05, 3.63) is 89.0 Å². The van der Waals surface area contributed by atoms with Crippen molar-refractivity contribution in [1.82, 2.24) is 0 Å². The number of hydrogen-bond donors (Lipinski definition) is 2. The van der Waals surface area contributed by atoms with Crippen molar-refractivity contribution in [3.63, 3.8) is 0 Å². The number of carbonyl (C=O) groups excluding carboxylic acids is 2. The number of Topliss-reactive ketones (excluding diaryl/α,β-unsaturated/α-hetero) is 1. The van der Waals surface area contributed by atoms with Crippen LogP contribution in [0, 0.1) is 0 Å². The lowest BCUT2D eigenvalue weighted by atomic mass is 9.93. The van der Waals surface area contributed by atoms with Crippen LogP contribution in [0.1, 0.15) is 29.2 Å². The SMILES string of the molecule is COc1ccccc1C1/C(=C(\O)c2ccc3c(c2)CCCO3)C(=O)C(=O)N1c1ccccc1O. The zero-order valence-electron chi connectivity index (χ0n) is 18.5. The number of anilines is 1. The van der Waals surface area contributed by atoms with Gasteiger partial charge in [0.05, 0.1) is 31.0 Å². The number of benzene rings is 3. The fraction of sp³-hybridized carbons (Fsp3) is 0.185. The molecular weight excluding hydrogens is 434 g/mol. The molecule has 2 N–H and O–H groups in total. The maximum atomic E-state index is 13.3. The average Bonchev–Trinajstić information content (AvgIpc) is 3.13. The maximum Gasteiger partial charge on any atom is 0.300 e. The van der Waals surface area contributed by atoms with Crippen molar-refractivity contribution >= 4 is 23.1 Å². The molecule has 0 saturated carbocycles. The first-order valence-electron chi connectivity index (χ1n) is 11.0. The topological polar surface area (TPSA) is 96.3 Å². The Morgan fingerprint density at radius 1 is 1.06 bits per heavy atom. The smallest absolute Gasteiger partial charge is 0.300 e. The number of ether oxygens (including phenoxy) is 2. The van der Waals surface area contributed by atoms with E-state index in [4.69, 9.17) is 9.47 Å². The summed E-state index contributed by atoms with van der Waals surface area (Å²) in [6, 6.07) is 17.5. The van der Waals surface area contributed by atoms with E-state index in [1.807, 2.05) is 0 Å². The highest BCUT2D eigenvalue weighted by molar-refractivity contribution is 6.52. The van der Waals surface area contributed by atoms with E-state index in [0.717, 1.165) is 24.2 Å². The molecule has 0 spiro atoms. The molecule has 0 radical (unpaired) electrons. The Kier molecular flexibility index (Phi) is 5.45. The third-order valence-corrected chi connectivity index (χ3v) is 6.20. The van der Waals surface area contributed by atoms with Gasteiger partial charge in [-0.2, -0.15) is 0 Å². The van der Waals surface area contributed by atoms with Crippen LogP contribution < -0.4 is 14.4 Å². The summed E-state index contributed by atoms with van der Waals surface area (Å²) in [6.07, 6.45) is 1.65. The number of hydrogen-bond acceptors (Lipinski definition) is 6. The molecule has 2 aliphatic heterocycles. The van der Waals surface area contributed by atoms with Crippen molar-refractivity contribution in [2.75, 3.05) is 18.6 Å². The largest absolute Gasteiger partial charge is 0.507 e. The number of para-hydroxylation sites is 3. The number of aliphatic hydroxyl groups is 1. The molecule has 1 unspecified atom stereocenters. The number of rotatable bonds is 4. The second-order valence-corrected chi connectivity index (χ2v) is 8.17. The van der Waals surface area contributed by atoms with Crippen molar-refractivity contribution in [2.24, 2.45) is 0 Å². The summed E-state index contributed by atoms with van der Waals surface area (Å²) in [5, 5.41) is 21.9. The van der Waals surface area contributed by atoms with Crippen LogP contribution in [0.2, 0.25) is 0 Å². The van der Waals surface area contributed by atoms with E-state index < -0.39 is 17.7 Å². The van der Waals surface area contributed by atoms with Crippen molar-refractivity contribution in [2.45, 2.75) is 18.9 Å². The molecule has 2 aliphatic rings. The normalized spacial score (nSPS) is 19.0. The number of amides is 1. The quantitative estimate of drug-likeness (QED) is 0.344. The van der Waals surface area contributed by atoms with Crippen molar-refractivity contribution in [1.29, 1.82) is 0 Å². The number of phenolic OH excluding ortho intramolecular Hbond substituents is 1. The molecule has 2 heterocycles. The fourth-order valence-corrected chi connectivity index (χ4v) is 4.60. The lowest BCUT2D eigenvalue weighted by Gasteiger charge is -2.27. The molecule has 34 heavy (non-hydrogen) atoms. The number of aryl methyl sites for hydroxylation is 1. The monoisotopic (exact) mass is 457 g/mol. The second kappa shape index (κ2) is 8.59. The molecule has 5 rings (SSSR count). The van der Waals surface area contributed by atoms with Crippen LogP contribution in [0.5, 0.6) is 17.2 Å². The van der Waals surface area contributed by atoms with E-state index in [-0.39, 0.29) is 22.8 Å². The summed E-state index contributed by atoms with van der Waals surface area (Å²) in [5.74, 6) is -0.944. The predicted molar refractivity (Wildman–Crippen MR) is 126 cm³/mol. The van der Waals surface area contributed by atoms with Crippen LogP contribution in [0.3, 0.4) is 0 Å². The Balaban J connectivity index is 1.74. The summed E-state index contributed by atoms with van der Waals surface area (Å²) in [7, 11) is 1.49. The van der Waals surface area contributed by atoms with Gasteiger partial charge in [-0.15, -0.1) is 0 Å². The third kappa shape index (κ3) is 3.46. The van der Waals surface area contributed by atoms with E-state index in [1.165, 1.54) is 18.1 Å². The van der Waals surface area contributed by atoms with Gasteiger partial charge < -0.3 is 19.7 Å². The van der Waals surface area contributed by atoms with Crippen LogP contribution in [0.25, 0.3) is 5.76 Å². The second-order valence-electron chi connectivity index (χ2n) is 8.17. The summed E-state index contributed by atoms with van der Waals surface area (Å²) in [6.45, 7) is 0.637. The Morgan fingerprint density at radius 2 is 1.82 bits per heavy atom. The average molecular weight is 457 g/mol. The Hall–Kier alpha value is -4.26. The number of aromatic hydroxyl groups is 1.